The molecule has 20 rings (SSSR count). The SMILES string of the molecule is C.C.C1=CC2C=CCC2=C1.C1=Cc2cc3c(cc2C1)C=CC3.C1=Cc2ccccc2Cc2ccccc21.CCC.c1c2c(cc3c1CCC3)CCC2.c1ccc2c(c1)CCc1ccccc1-2.c1ccc2c(c1)CCc1ccccc1C2.c1ccc2c(c1)ccc1ccccc12. The van der Waals surface area contributed by atoms with E-state index < -0.39 is 0 Å². The molecule has 11 aromatic carbocycles. The fourth-order valence-corrected chi connectivity index (χ4v) is 14.7. The molecule has 0 nitrogen and oxygen atoms in total. The molecular weight excluding hydrogens is 1140 g/mol. The average molecular weight is 1240 g/mol. The Kier molecular flexibility index (Phi) is 23.2. The molecule has 9 aliphatic carbocycles. The van der Waals surface area contributed by atoms with Crippen LogP contribution in [0.3, 0.4) is 0 Å². The molecule has 0 saturated carbocycles. The van der Waals surface area contributed by atoms with Gasteiger partial charge in [0.2, 0.25) is 0 Å². The van der Waals surface area contributed by atoms with Crippen molar-refractivity contribution in [2.24, 2.45) is 5.92 Å². The van der Waals surface area contributed by atoms with Gasteiger partial charge in [0.1, 0.15) is 0 Å². The molecule has 476 valence electrons. The third-order valence-corrected chi connectivity index (χ3v) is 19.6. The van der Waals surface area contributed by atoms with Gasteiger partial charge in [0, 0.05) is 5.92 Å². The summed E-state index contributed by atoms with van der Waals surface area (Å²) in [4.78, 5) is 0. The molecule has 11 aromatic rings. The van der Waals surface area contributed by atoms with Crippen molar-refractivity contribution < 1.29 is 0 Å². The molecule has 1 atom stereocenters. The highest BCUT2D eigenvalue weighted by Crippen LogP contribution is 2.35. The summed E-state index contributed by atoms with van der Waals surface area (Å²) in [6, 6.07) is 83.3. The first kappa shape index (κ1) is 66.8. The van der Waals surface area contributed by atoms with Gasteiger partial charge in [0.05, 0.1) is 0 Å². The highest BCUT2D eigenvalue weighted by Gasteiger charge is 2.19. The molecule has 0 bridgehead atoms. The van der Waals surface area contributed by atoms with Crippen LogP contribution in [-0.4, -0.2) is 0 Å². The van der Waals surface area contributed by atoms with Crippen LogP contribution in [0.25, 0.3) is 57.0 Å². The van der Waals surface area contributed by atoms with E-state index in [0.29, 0.717) is 5.92 Å². The van der Waals surface area contributed by atoms with Gasteiger partial charge >= 0.3 is 0 Å². The molecule has 0 aromatic heterocycles. The van der Waals surface area contributed by atoms with Gasteiger partial charge in [0.15, 0.2) is 0 Å². The van der Waals surface area contributed by atoms with Gasteiger partial charge in [0.25, 0.3) is 0 Å². The lowest BCUT2D eigenvalue weighted by Gasteiger charge is -2.19. The molecule has 0 heteroatoms. The molecule has 0 saturated heterocycles. The zero-order valence-corrected chi connectivity index (χ0v) is 54.7. The van der Waals surface area contributed by atoms with Crippen molar-refractivity contribution in [3.63, 3.8) is 0 Å². The summed E-state index contributed by atoms with van der Waals surface area (Å²) in [6.07, 6.45) is 44.1. The summed E-state index contributed by atoms with van der Waals surface area (Å²) in [7, 11) is 0. The van der Waals surface area contributed by atoms with Crippen LogP contribution in [0.2, 0.25) is 0 Å². The Hall–Kier alpha value is -9.62. The maximum atomic E-state index is 2.48. The summed E-state index contributed by atoms with van der Waals surface area (Å²) < 4.78 is 0. The van der Waals surface area contributed by atoms with Crippen LogP contribution in [-0.2, 0) is 77.0 Å². The average Bonchev–Trinajstić information content (AvgIpc) is 1.68. The monoisotopic (exact) mass is 1240 g/mol. The highest BCUT2D eigenvalue weighted by molar-refractivity contribution is 6.07. The van der Waals surface area contributed by atoms with Crippen LogP contribution in [0.4, 0.5) is 0 Å². The van der Waals surface area contributed by atoms with Gasteiger partial charge in [-0.15, -0.1) is 0 Å². The van der Waals surface area contributed by atoms with Crippen LogP contribution >= 0.6 is 0 Å². The van der Waals surface area contributed by atoms with Gasteiger partial charge in [-0.1, -0.05) is 338 Å². The second-order valence-electron chi connectivity index (χ2n) is 26.0. The molecule has 95 heavy (non-hydrogen) atoms. The minimum Gasteiger partial charge on any atom is -0.0835 e. The molecule has 9 aliphatic rings. The van der Waals surface area contributed by atoms with Crippen molar-refractivity contribution in [3.8, 4) is 11.1 Å². The first-order valence-corrected chi connectivity index (χ1v) is 34.7. The summed E-state index contributed by atoms with van der Waals surface area (Å²) in [5.41, 5.74) is 31.4. The molecule has 0 amide bonds. The third kappa shape index (κ3) is 16.5. The zero-order valence-electron chi connectivity index (χ0n) is 54.7. The summed E-state index contributed by atoms with van der Waals surface area (Å²) in [5.74, 6) is 0.676. The normalized spacial score (nSPS) is 15.1. The van der Waals surface area contributed by atoms with Crippen molar-refractivity contribution in [2.75, 3.05) is 0 Å². The van der Waals surface area contributed by atoms with E-state index in [-0.39, 0.29) is 14.9 Å². The largest absolute Gasteiger partial charge is 0.0835 e. The maximum absolute atomic E-state index is 2.48. The van der Waals surface area contributed by atoms with Gasteiger partial charge in [-0.2, -0.15) is 0 Å². The third-order valence-electron chi connectivity index (χ3n) is 19.6. The number of aryl methyl sites for hydroxylation is 8. The van der Waals surface area contributed by atoms with Gasteiger partial charge in [-0.05, 0) is 229 Å². The molecule has 0 aliphatic heterocycles. The quantitative estimate of drug-likeness (QED) is 0.105. The van der Waals surface area contributed by atoms with Crippen LogP contribution < -0.4 is 0 Å². The Morgan fingerprint density at radius 3 is 1.14 bits per heavy atom. The zero-order chi connectivity index (χ0) is 63.0. The topological polar surface area (TPSA) is 0 Å². The van der Waals surface area contributed by atoms with Crippen molar-refractivity contribution in [3.05, 3.63) is 379 Å². The Morgan fingerprint density at radius 2 is 0.674 bits per heavy atom. The van der Waals surface area contributed by atoms with E-state index in [1.807, 2.05) is 0 Å². The predicted molar refractivity (Wildman–Crippen MR) is 415 cm³/mol. The van der Waals surface area contributed by atoms with Crippen LogP contribution in [0.5, 0.6) is 0 Å². The van der Waals surface area contributed by atoms with Crippen LogP contribution in [0.15, 0.2) is 279 Å². The molecule has 0 spiro atoms. The van der Waals surface area contributed by atoms with E-state index in [9.17, 15) is 0 Å². The fourth-order valence-electron chi connectivity index (χ4n) is 14.7. The summed E-state index contributed by atoms with van der Waals surface area (Å²) >= 11 is 0. The van der Waals surface area contributed by atoms with E-state index in [4.69, 9.17) is 0 Å². The van der Waals surface area contributed by atoms with Crippen molar-refractivity contribution in [2.45, 2.75) is 131 Å². The van der Waals surface area contributed by atoms with E-state index >= 15 is 0 Å². The number of benzene rings is 11. The van der Waals surface area contributed by atoms with E-state index in [1.165, 1.54) is 188 Å². The van der Waals surface area contributed by atoms with E-state index in [1.54, 1.807) is 27.8 Å². The van der Waals surface area contributed by atoms with Crippen molar-refractivity contribution >= 4 is 45.8 Å². The number of fused-ring (bicyclic) bond motifs is 15. The lowest BCUT2D eigenvalue weighted by Crippen LogP contribution is -2.02. The van der Waals surface area contributed by atoms with Crippen LogP contribution in [0, 0.1) is 5.92 Å². The van der Waals surface area contributed by atoms with Crippen LogP contribution in [0.1, 0.15) is 155 Å². The number of hydrogen-bond acceptors (Lipinski definition) is 0. The molecule has 0 fully saturated rings. The molecule has 0 N–H and O–H groups in total. The number of allylic oxidation sites excluding steroid dienone is 8. The first-order chi connectivity index (χ1) is 46.0. The standard InChI is InChI=1S/C15H14.C15H12.C14H12.C14H10.C12H14.C12H10.C8H8.C3H8.2CH4/c2*1-3-7-14-11-15-8-4-2-6-13(15)10-9-12(14)5-1;2*1-3-7-13-11(5-1)9-10-12-6-2-4-8-14(12)13;2*1-3-9-7-11-5-2-6-12(11)8-10(9)4-1;1-3-7-5-2-6-8(7)4-1;1-3-2;;/h1-8H,9-11H2;1-10H,11H2;1-8H,9-10H2;1-10H;7-8H,1-6H2;1-3,6-8H,4-5H2;1-5,7H,6H2;3H2,1-2H3;2*1H4. The van der Waals surface area contributed by atoms with E-state index in [0.717, 1.165) is 25.7 Å². The molecule has 0 radical (unpaired) electrons. The Bertz CT molecular complexity index is 4310. The van der Waals surface area contributed by atoms with Crippen molar-refractivity contribution in [1.82, 2.24) is 0 Å². The molecule has 0 heterocycles. The molecular formula is C95H96. The van der Waals surface area contributed by atoms with Gasteiger partial charge in [-0.3, -0.25) is 0 Å². The van der Waals surface area contributed by atoms with E-state index in [2.05, 4.69) is 311 Å². The van der Waals surface area contributed by atoms with Gasteiger partial charge < -0.3 is 0 Å². The highest BCUT2D eigenvalue weighted by atomic mass is 14.2. The van der Waals surface area contributed by atoms with Crippen molar-refractivity contribution in [1.29, 1.82) is 0 Å². The smallest absolute Gasteiger partial charge is 0.0166 e. The second kappa shape index (κ2) is 33.0. The summed E-state index contributed by atoms with van der Waals surface area (Å²) in [5, 5.41) is 5.30. The lowest BCUT2D eigenvalue weighted by molar-refractivity contribution is 0.897. The Balaban J connectivity index is 0.000000112. The minimum atomic E-state index is 0. The first-order valence-electron chi connectivity index (χ1n) is 34.7. The fraction of sp³-hybridized carbons (Fsp3) is 0.221. The Labute approximate surface area is 569 Å². The molecule has 1 unspecified atom stereocenters. The number of hydrogen-bond donors (Lipinski definition) is 0. The maximum Gasteiger partial charge on any atom is 0.0166 e. The predicted octanol–water partition coefficient (Wildman–Crippen LogP) is 24.8. The lowest BCUT2D eigenvalue weighted by atomic mass is 9.86. The Morgan fingerprint density at radius 1 is 0.295 bits per heavy atom. The second-order valence-corrected chi connectivity index (χ2v) is 26.0. The number of rotatable bonds is 0. The van der Waals surface area contributed by atoms with Gasteiger partial charge in [-0.25, -0.2) is 0 Å². The summed E-state index contributed by atoms with van der Waals surface area (Å²) in [6.45, 7) is 4.25. The minimum absolute atomic E-state index is 0.